The van der Waals surface area contributed by atoms with E-state index in [9.17, 15) is 31.1 Å². The molecule has 4 unspecified atom stereocenters. The van der Waals surface area contributed by atoms with Gasteiger partial charge in [0.15, 0.2) is 0 Å². The second kappa shape index (κ2) is 14.7. The first kappa shape index (κ1) is 34.1. The summed E-state index contributed by atoms with van der Waals surface area (Å²) in [5.41, 5.74) is 0.294. The molecular weight excluding hydrogens is 624 g/mol. The third-order valence-electron chi connectivity index (χ3n) is 8.38. The van der Waals surface area contributed by atoms with Gasteiger partial charge in [0.25, 0.3) is 5.91 Å². The van der Waals surface area contributed by atoms with E-state index in [-0.39, 0.29) is 42.0 Å². The number of alkyl halides is 6. The number of carbonyl (C=O) groups is 1. The van der Waals surface area contributed by atoms with E-state index >= 15 is 0 Å². The number of carbonyl (C=O) groups excluding carboxylic acids is 1. The number of nitrogens with zero attached hydrogens (tertiary/aromatic N) is 3. The van der Waals surface area contributed by atoms with Crippen LogP contribution in [0.25, 0.3) is 0 Å². The monoisotopic (exact) mass is 661 g/mol. The highest BCUT2D eigenvalue weighted by molar-refractivity contribution is 5.93. The summed E-state index contributed by atoms with van der Waals surface area (Å²) < 4.78 is 99.6. The lowest BCUT2D eigenvalue weighted by Gasteiger charge is -2.38. The average molecular weight is 662 g/mol. The number of piperidine rings is 1. The highest BCUT2D eigenvalue weighted by Crippen LogP contribution is 2.33. The van der Waals surface area contributed by atoms with Crippen LogP contribution >= 0.6 is 0 Å². The number of anilines is 1. The summed E-state index contributed by atoms with van der Waals surface area (Å²) in [7, 11) is 1.64. The number of likely N-dealkylation sites (tertiary alicyclic amines) is 1. The number of benzene rings is 1. The normalized spacial score (nSPS) is 24.9. The Labute approximate surface area is 262 Å². The topological polar surface area (TPSA) is 107 Å². The molecule has 3 fully saturated rings. The first-order valence-electron chi connectivity index (χ1n) is 15.2. The lowest BCUT2D eigenvalue weighted by molar-refractivity contribution is -0.274. The van der Waals surface area contributed by atoms with Gasteiger partial charge in [0.05, 0.1) is 24.9 Å². The zero-order valence-corrected chi connectivity index (χ0v) is 25.2. The molecule has 254 valence electrons. The van der Waals surface area contributed by atoms with Crippen LogP contribution in [0.2, 0.25) is 0 Å². The number of hydrogen-bond acceptors (Lipinski definition) is 9. The largest absolute Gasteiger partial charge is 0.573 e. The Morgan fingerprint density at radius 3 is 2.43 bits per heavy atom. The first-order valence-corrected chi connectivity index (χ1v) is 15.2. The van der Waals surface area contributed by atoms with Crippen LogP contribution in [0.3, 0.4) is 0 Å². The van der Waals surface area contributed by atoms with Crippen molar-refractivity contribution in [1.82, 2.24) is 20.2 Å². The van der Waals surface area contributed by atoms with Crippen molar-refractivity contribution in [2.75, 3.05) is 45.3 Å². The van der Waals surface area contributed by atoms with Crippen LogP contribution in [0.1, 0.15) is 66.5 Å². The minimum atomic E-state index is -4.88. The lowest BCUT2D eigenvalue weighted by Crippen LogP contribution is -2.54. The van der Waals surface area contributed by atoms with Crippen molar-refractivity contribution in [3.63, 3.8) is 0 Å². The van der Waals surface area contributed by atoms with Crippen LogP contribution < -0.4 is 15.4 Å². The number of ether oxygens (including phenoxy) is 4. The van der Waals surface area contributed by atoms with Gasteiger partial charge in [-0.1, -0.05) is 12.1 Å². The number of amides is 1. The number of hydrogen-bond donors (Lipinski definition) is 2. The Bertz CT molecular complexity index is 1310. The fraction of sp³-hybridized carbons (Fsp3) is 0.633. The summed E-state index contributed by atoms with van der Waals surface area (Å²) in [6.45, 7) is 1.94. The van der Waals surface area contributed by atoms with E-state index in [4.69, 9.17) is 14.2 Å². The molecule has 3 aliphatic heterocycles. The molecule has 0 aliphatic carbocycles. The smallest absolute Gasteiger partial charge is 0.406 e. The molecule has 0 bridgehead atoms. The Kier molecular flexibility index (Phi) is 10.9. The number of methoxy groups -OCH3 is 1. The van der Waals surface area contributed by atoms with Gasteiger partial charge < -0.3 is 34.5 Å². The molecule has 1 aromatic carbocycles. The number of nitrogens with one attached hydrogen (secondary N) is 2. The molecule has 2 aromatic rings. The van der Waals surface area contributed by atoms with Crippen LogP contribution in [-0.4, -0.2) is 91.4 Å². The standard InChI is InChI=1S/C30H37F6N5O5/c1-43-25-17-44-14-11-22(25)38-19-9-12-41(13-10-19)27(42)23-15-26(40-28(39-23)29(31,32)33)37-16-21-3-2-4-24(45-21)18-5-7-20(8-6-18)46-30(34,35)36/h5-8,15,19,21-22,24-25,38H,2-4,9-14,16-17H2,1H3,(H,37,39,40). The van der Waals surface area contributed by atoms with E-state index in [0.29, 0.717) is 57.6 Å². The van der Waals surface area contributed by atoms with Crippen molar-refractivity contribution in [2.24, 2.45) is 0 Å². The van der Waals surface area contributed by atoms with Crippen molar-refractivity contribution in [1.29, 1.82) is 0 Å². The first-order chi connectivity index (χ1) is 21.9. The van der Waals surface area contributed by atoms with Gasteiger partial charge in [-0.2, -0.15) is 13.2 Å². The highest BCUT2D eigenvalue weighted by Gasteiger charge is 2.37. The van der Waals surface area contributed by atoms with Crippen LogP contribution in [0.4, 0.5) is 32.2 Å². The predicted molar refractivity (Wildman–Crippen MR) is 152 cm³/mol. The maximum Gasteiger partial charge on any atom is 0.573 e. The van der Waals surface area contributed by atoms with Crippen LogP contribution in [0.5, 0.6) is 5.75 Å². The summed E-state index contributed by atoms with van der Waals surface area (Å²) in [4.78, 5) is 22.0. The molecule has 2 N–H and O–H groups in total. The summed E-state index contributed by atoms with van der Waals surface area (Å²) in [5.74, 6) is -2.55. The fourth-order valence-corrected chi connectivity index (χ4v) is 6.02. The number of aromatic nitrogens is 2. The summed E-state index contributed by atoms with van der Waals surface area (Å²) in [5, 5.41) is 6.45. The summed E-state index contributed by atoms with van der Waals surface area (Å²) in [6.07, 6.45) is -6.59. The Balaban J connectivity index is 1.19. The summed E-state index contributed by atoms with van der Waals surface area (Å²) >= 11 is 0. The Hall–Kier alpha value is -3.21. The molecule has 4 heterocycles. The molecule has 0 spiro atoms. The van der Waals surface area contributed by atoms with Gasteiger partial charge in [0.1, 0.15) is 17.3 Å². The van der Waals surface area contributed by atoms with Gasteiger partial charge in [-0.3, -0.25) is 4.79 Å². The molecule has 5 rings (SSSR count). The molecule has 16 heteroatoms. The summed E-state index contributed by atoms with van der Waals surface area (Å²) in [6, 6.07) is 6.84. The van der Waals surface area contributed by atoms with Gasteiger partial charge in [0.2, 0.25) is 5.82 Å². The molecule has 0 saturated carbocycles. The fourth-order valence-electron chi connectivity index (χ4n) is 6.02. The molecule has 3 saturated heterocycles. The zero-order chi connectivity index (χ0) is 32.9. The maximum absolute atomic E-state index is 13.7. The van der Waals surface area contributed by atoms with Crippen LogP contribution in [-0.2, 0) is 20.4 Å². The lowest BCUT2D eigenvalue weighted by atomic mass is 9.98. The predicted octanol–water partition coefficient (Wildman–Crippen LogP) is 5.11. The average Bonchev–Trinajstić information content (AvgIpc) is 3.03. The molecule has 10 nitrogen and oxygen atoms in total. The Morgan fingerprint density at radius 2 is 1.76 bits per heavy atom. The molecule has 3 aliphatic rings. The van der Waals surface area contributed by atoms with Gasteiger partial charge in [-0.25, -0.2) is 9.97 Å². The molecule has 0 radical (unpaired) electrons. The van der Waals surface area contributed by atoms with Gasteiger partial charge in [-0.05, 0) is 56.2 Å². The molecule has 1 aromatic heterocycles. The molecule has 1 amide bonds. The van der Waals surface area contributed by atoms with Gasteiger partial charge >= 0.3 is 12.5 Å². The van der Waals surface area contributed by atoms with Gasteiger partial charge in [-0.15, -0.1) is 13.2 Å². The maximum atomic E-state index is 13.7. The van der Waals surface area contributed by atoms with Crippen molar-refractivity contribution < 1.29 is 50.1 Å². The minimum Gasteiger partial charge on any atom is -0.406 e. The van der Waals surface area contributed by atoms with Crippen LogP contribution in [0, 0.1) is 0 Å². The van der Waals surface area contributed by atoms with Crippen molar-refractivity contribution in [3.05, 3.63) is 47.4 Å². The van der Waals surface area contributed by atoms with Crippen molar-refractivity contribution >= 4 is 11.7 Å². The van der Waals surface area contributed by atoms with E-state index in [1.54, 1.807) is 7.11 Å². The van der Waals surface area contributed by atoms with E-state index in [1.165, 1.54) is 35.2 Å². The van der Waals surface area contributed by atoms with E-state index in [0.717, 1.165) is 12.8 Å². The Morgan fingerprint density at radius 1 is 1.02 bits per heavy atom. The second-order valence-corrected chi connectivity index (χ2v) is 11.6. The van der Waals surface area contributed by atoms with E-state index < -0.39 is 36.5 Å². The second-order valence-electron chi connectivity index (χ2n) is 11.6. The molecule has 4 atom stereocenters. The van der Waals surface area contributed by atoms with Gasteiger partial charge in [0, 0.05) is 51.5 Å². The molecular formula is C30H37F6N5O5. The molecule has 46 heavy (non-hydrogen) atoms. The van der Waals surface area contributed by atoms with E-state index in [1.807, 2.05) is 0 Å². The van der Waals surface area contributed by atoms with Crippen LogP contribution in [0.15, 0.2) is 30.3 Å². The van der Waals surface area contributed by atoms with Crippen molar-refractivity contribution in [2.45, 2.75) is 81.5 Å². The number of halogens is 6. The zero-order valence-electron chi connectivity index (χ0n) is 25.2. The minimum absolute atomic E-state index is 0.0701. The third kappa shape index (κ3) is 9.20. The number of rotatable bonds is 9. The van der Waals surface area contributed by atoms with Crippen molar-refractivity contribution in [3.8, 4) is 5.75 Å². The van der Waals surface area contributed by atoms with E-state index in [2.05, 4.69) is 25.3 Å². The SMILES string of the molecule is COC1COCCC1NC1CCN(C(=O)c2cc(NCC3CCCC(c4ccc(OC(F)(F)F)cc4)O3)nc(C(F)(F)F)n2)CC1. The third-order valence-corrected chi connectivity index (χ3v) is 8.38. The highest BCUT2D eigenvalue weighted by atomic mass is 19.4. The quantitative estimate of drug-likeness (QED) is 0.355.